The van der Waals surface area contributed by atoms with Crippen LogP contribution in [-0.2, 0) is 16.1 Å². The number of carbonyl (C=O) groups excluding carboxylic acids is 2. The van der Waals surface area contributed by atoms with E-state index >= 15 is 0 Å². The first-order valence-corrected chi connectivity index (χ1v) is 10.6. The standard InChI is InChI=1S/C22H29ClN2O2/c1-25(14-18-4-2-3-5-19(18)23)20(26)6-7-24-21(27)22-11-15-8-16(12-22)10-17(9-15)13-22/h2-5,15-17H,6-14H2,1H3,(H,24,27). The minimum atomic E-state index is -0.138. The smallest absolute Gasteiger partial charge is 0.226 e. The van der Waals surface area contributed by atoms with Gasteiger partial charge in [-0.05, 0) is 67.9 Å². The van der Waals surface area contributed by atoms with Crippen molar-refractivity contribution in [3.05, 3.63) is 34.9 Å². The van der Waals surface area contributed by atoms with Gasteiger partial charge < -0.3 is 10.2 Å². The molecule has 4 bridgehead atoms. The zero-order chi connectivity index (χ0) is 19.0. The van der Waals surface area contributed by atoms with Gasteiger partial charge in [0.15, 0.2) is 0 Å². The number of carbonyl (C=O) groups is 2. The van der Waals surface area contributed by atoms with Crippen LogP contribution in [0.4, 0.5) is 0 Å². The van der Waals surface area contributed by atoms with Gasteiger partial charge in [-0.2, -0.15) is 0 Å². The van der Waals surface area contributed by atoms with Crippen LogP contribution >= 0.6 is 11.6 Å². The fourth-order valence-corrected chi connectivity index (χ4v) is 6.22. The summed E-state index contributed by atoms with van der Waals surface area (Å²) >= 11 is 6.17. The second-order valence-corrected chi connectivity index (χ2v) is 9.45. The Morgan fingerprint density at radius 2 is 1.70 bits per heavy atom. The van der Waals surface area contributed by atoms with Gasteiger partial charge in [0.25, 0.3) is 0 Å². The highest BCUT2D eigenvalue weighted by Gasteiger charge is 2.54. The number of rotatable bonds is 6. The van der Waals surface area contributed by atoms with Crippen molar-refractivity contribution in [2.45, 2.75) is 51.5 Å². The maximum absolute atomic E-state index is 12.9. The highest BCUT2D eigenvalue weighted by atomic mass is 35.5. The van der Waals surface area contributed by atoms with Gasteiger partial charge in [0.2, 0.25) is 11.8 Å². The van der Waals surface area contributed by atoms with E-state index in [4.69, 9.17) is 11.6 Å². The lowest BCUT2D eigenvalue weighted by Crippen LogP contribution is -2.53. The maximum Gasteiger partial charge on any atom is 0.226 e. The number of hydrogen-bond donors (Lipinski definition) is 1. The third-order valence-corrected chi connectivity index (χ3v) is 7.30. The zero-order valence-corrected chi connectivity index (χ0v) is 16.8. The summed E-state index contributed by atoms with van der Waals surface area (Å²) < 4.78 is 0. The number of nitrogens with zero attached hydrogens (tertiary/aromatic N) is 1. The second-order valence-electron chi connectivity index (χ2n) is 9.04. The summed E-state index contributed by atoms with van der Waals surface area (Å²) in [4.78, 5) is 27.0. The van der Waals surface area contributed by atoms with E-state index < -0.39 is 0 Å². The normalized spacial score (nSPS) is 31.0. The lowest BCUT2D eigenvalue weighted by molar-refractivity contribution is -0.146. The quantitative estimate of drug-likeness (QED) is 0.800. The first-order valence-electron chi connectivity index (χ1n) is 10.2. The van der Waals surface area contributed by atoms with Crippen LogP contribution in [0.2, 0.25) is 5.02 Å². The molecule has 0 aliphatic heterocycles. The van der Waals surface area contributed by atoms with Crippen molar-refractivity contribution in [2.24, 2.45) is 23.2 Å². The number of nitrogens with one attached hydrogen (secondary N) is 1. The minimum absolute atomic E-state index is 0.0285. The largest absolute Gasteiger partial charge is 0.355 e. The van der Waals surface area contributed by atoms with Gasteiger partial charge in [-0.1, -0.05) is 29.8 Å². The molecule has 0 aromatic heterocycles. The molecule has 0 unspecified atom stereocenters. The van der Waals surface area contributed by atoms with Crippen LogP contribution in [0.1, 0.15) is 50.5 Å². The van der Waals surface area contributed by atoms with Crippen molar-refractivity contribution in [1.82, 2.24) is 10.2 Å². The lowest BCUT2D eigenvalue weighted by atomic mass is 9.49. The molecule has 1 aromatic carbocycles. The molecule has 4 fully saturated rings. The second kappa shape index (κ2) is 7.46. The molecule has 0 saturated heterocycles. The SMILES string of the molecule is CN(Cc1ccccc1Cl)C(=O)CCNC(=O)C12CC3CC(CC(C3)C1)C2. The summed E-state index contributed by atoms with van der Waals surface area (Å²) in [6.45, 7) is 0.910. The highest BCUT2D eigenvalue weighted by molar-refractivity contribution is 6.31. The van der Waals surface area contributed by atoms with Gasteiger partial charge in [-0.25, -0.2) is 0 Å². The van der Waals surface area contributed by atoms with Crippen LogP contribution in [0.25, 0.3) is 0 Å². The van der Waals surface area contributed by atoms with Crippen LogP contribution in [-0.4, -0.2) is 30.3 Å². The Bertz CT molecular complexity index is 697. The molecule has 0 atom stereocenters. The number of amides is 2. The van der Waals surface area contributed by atoms with Gasteiger partial charge in [0.05, 0.1) is 0 Å². The summed E-state index contributed by atoms with van der Waals surface area (Å²) in [6, 6.07) is 7.57. The summed E-state index contributed by atoms with van der Waals surface area (Å²) in [6.07, 6.45) is 7.51. The Kier molecular flexibility index (Phi) is 5.19. The third-order valence-electron chi connectivity index (χ3n) is 6.94. The third kappa shape index (κ3) is 3.87. The highest BCUT2D eigenvalue weighted by Crippen LogP contribution is 2.60. The van der Waals surface area contributed by atoms with E-state index in [0.717, 1.165) is 42.6 Å². The van der Waals surface area contributed by atoms with Crippen LogP contribution < -0.4 is 5.32 Å². The Morgan fingerprint density at radius 1 is 1.11 bits per heavy atom. The molecule has 5 heteroatoms. The molecule has 27 heavy (non-hydrogen) atoms. The molecule has 0 spiro atoms. The van der Waals surface area contributed by atoms with Crippen LogP contribution in [0.3, 0.4) is 0 Å². The Labute approximate surface area is 166 Å². The summed E-state index contributed by atoms with van der Waals surface area (Å²) in [5.74, 6) is 2.49. The fourth-order valence-electron chi connectivity index (χ4n) is 6.02. The monoisotopic (exact) mass is 388 g/mol. The van der Waals surface area contributed by atoms with Gasteiger partial charge in [-0.15, -0.1) is 0 Å². The molecule has 1 aromatic rings. The number of benzene rings is 1. The first-order chi connectivity index (χ1) is 12.9. The van der Waals surface area contributed by atoms with Crippen molar-refractivity contribution in [1.29, 1.82) is 0 Å². The Morgan fingerprint density at radius 3 is 2.30 bits per heavy atom. The van der Waals surface area contributed by atoms with Gasteiger partial charge >= 0.3 is 0 Å². The number of halogens is 1. The molecule has 0 heterocycles. The molecule has 146 valence electrons. The molecular formula is C22H29ClN2O2. The van der Waals surface area contributed by atoms with Crippen molar-refractivity contribution < 1.29 is 9.59 Å². The van der Waals surface area contributed by atoms with E-state index in [-0.39, 0.29) is 17.2 Å². The van der Waals surface area contributed by atoms with Gasteiger partial charge in [0, 0.05) is 37.0 Å². The van der Waals surface area contributed by atoms with E-state index in [9.17, 15) is 9.59 Å². The van der Waals surface area contributed by atoms with Gasteiger partial charge in [0.1, 0.15) is 0 Å². The molecule has 4 aliphatic carbocycles. The van der Waals surface area contributed by atoms with Crippen LogP contribution in [0.5, 0.6) is 0 Å². The average Bonchev–Trinajstić information content (AvgIpc) is 2.62. The molecule has 4 nitrogen and oxygen atoms in total. The molecule has 4 saturated carbocycles. The first kappa shape index (κ1) is 18.8. The van der Waals surface area contributed by atoms with E-state index in [2.05, 4.69) is 5.32 Å². The molecule has 2 amide bonds. The minimum Gasteiger partial charge on any atom is -0.355 e. The van der Waals surface area contributed by atoms with Crippen molar-refractivity contribution >= 4 is 23.4 Å². The predicted octanol–water partition coefficient (Wildman–Crippen LogP) is 4.02. The fraction of sp³-hybridized carbons (Fsp3) is 0.636. The Balaban J connectivity index is 1.26. The Hall–Kier alpha value is -1.55. The van der Waals surface area contributed by atoms with Gasteiger partial charge in [-0.3, -0.25) is 9.59 Å². The van der Waals surface area contributed by atoms with E-state index in [0.29, 0.717) is 24.5 Å². The van der Waals surface area contributed by atoms with Crippen LogP contribution in [0.15, 0.2) is 24.3 Å². The molecule has 0 radical (unpaired) electrons. The summed E-state index contributed by atoms with van der Waals surface area (Å²) in [5, 5.41) is 3.76. The van der Waals surface area contributed by atoms with E-state index in [1.165, 1.54) is 19.3 Å². The van der Waals surface area contributed by atoms with Crippen molar-refractivity contribution in [3.8, 4) is 0 Å². The molecular weight excluding hydrogens is 360 g/mol. The predicted molar refractivity (Wildman–Crippen MR) is 106 cm³/mol. The number of hydrogen-bond acceptors (Lipinski definition) is 2. The van der Waals surface area contributed by atoms with E-state index in [1.54, 1.807) is 11.9 Å². The molecule has 4 aliphatic rings. The summed E-state index contributed by atoms with van der Waals surface area (Å²) in [5.41, 5.74) is 0.800. The average molecular weight is 389 g/mol. The van der Waals surface area contributed by atoms with E-state index in [1.807, 2.05) is 24.3 Å². The van der Waals surface area contributed by atoms with Crippen LogP contribution in [0, 0.1) is 23.2 Å². The van der Waals surface area contributed by atoms with Crippen molar-refractivity contribution in [3.63, 3.8) is 0 Å². The zero-order valence-electron chi connectivity index (χ0n) is 16.0. The lowest BCUT2D eigenvalue weighted by Gasteiger charge is -2.55. The van der Waals surface area contributed by atoms with Crippen molar-refractivity contribution in [2.75, 3.05) is 13.6 Å². The molecule has 5 rings (SSSR count). The maximum atomic E-state index is 12.9. The summed E-state index contributed by atoms with van der Waals surface area (Å²) in [7, 11) is 1.78. The topological polar surface area (TPSA) is 49.4 Å². The molecule has 1 N–H and O–H groups in total.